The number of fused-ring (bicyclic) bond motifs is 1. The summed E-state index contributed by atoms with van der Waals surface area (Å²) in [6.07, 6.45) is 3.71. The average Bonchev–Trinajstić information content (AvgIpc) is 3.23. The zero-order valence-electron chi connectivity index (χ0n) is 14.3. The average molecular weight is 344 g/mol. The van der Waals surface area contributed by atoms with E-state index < -0.39 is 0 Å². The summed E-state index contributed by atoms with van der Waals surface area (Å²) < 4.78 is 13.6. The maximum Gasteiger partial charge on any atom is 0.123 e. The van der Waals surface area contributed by atoms with Crippen LogP contribution >= 0.6 is 11.3 Å². The second-order valence-electron chi connectivity index (χ2n) is 7.14. The summed E-state index contributed by atoms with van der Waals surface area (Å²) >= 11 is 1.87. The Hall–Kier alpha value is -1.23. The van der Waals surface area contributed by atoms with Gasteiger partial charge in [-0.15, -0.1) is 11.3 Å². The number of thiophene rings is 1. The highest BCUT2D eigenvalue weighted by atomic mass is 32.1. The number of benzene rings is 1. The van der Waals surface area contributed by atoms with Crippen molar-refractivity contribution >= 4 is 11.3 Å². The quantitative estimate of drug-likeness (QED) is 0.800. The minimum absolute atomic E-state index is 0.119. The molecule has 0 amide bonds. The van der Waals surface area contributed by atoms with Crippen LogP contribution in [0.5, 0.6) is 0 Å². The lowest BCUT2D eigenvalue weighted by Gasteiger charge is -2.35. The molecule has 0 bridgehead atoms. The van der Waals surface area contributed by atoms with E-state index in [0.29, 0.717) is 0 Å². The Morgan fingerprint density at radius 1 is 1.12 bits per heavy atom. The van der Waals surface area contributed by atoms with Gasteiger partial charge in [-0.1, -0.05) is 6.07 Å². The standard InChI is InChI=1S/C20H25FN2S/c1-15-20-11-18(21)5-4-17(20)6-9-23(15)13-19-10-16(14-24-19)12-22-7-2-3-8-22/h4-5,10-11,14-15H,2-3,6-9,12-13H2,1H3. The van der Waals surface area contributed by atoms with Gasteiger partial charge in [0, 0.05) is 30.6 Å². The van der Waals surface area contributed by atoms with Gasteiger partial charge in [0.05, 0.1) is 0 Å². The van der Waals surface area contributed by atoms with Crippen LogP contribution in [0.4, 0.5) is 4.39 Å². The number of halogens is 1. The van der Waals surface area contributed by atoms with Crippen LogP contribution in [-0.4, -0.2) is 29.4 Å². The van der Waals surface area contributed by atoms with Crippen molar-refractivity contribution in [1.29, 1.82) is 0 Å². The third-order valence-corrected chi connectivity index (χ3v) is 6.42. The van der Waals surface area contributed by atoms with Gasteiger partial charge in [0.25, 0.3) is 0 Å². The molecule has 1 aromatic carbocycles. The van der Waals surface area contributed by atoms with E-state index in [0.717, 1.165) is 31.6 Å². The van der Waals surface area contributed by atoms with Gasteiger partial charge in [-0.2, -0.15) is 0 Å². The molecule has 24 heavy (non-hydrogen) atoms. The molecule has 0 N–H and O–H groups in total. The second kappa shape index (κ2) is 6.95. The van der Waals surface area contributed by atoms with Crippen LogP contribution in [0.3, 0.4) is 0 Å². The van der Waals surface area contributed by atoms with Gasteiger partial charge >= 0.3 is 0 Å². The van der Waals surface area contributed by atoms with Gasteiger partial charge in [-0.25, -0.2) is 4.39 Å². The Kier molecular flexibility index (Phi) is 4.70. The Morgan fingerprint density at radius 2 is 1.96 bits per heavy atom. The molecule has 1 saturated heterocycles. The fourth-order valence-corrected chi connectivity index (χ4v) is 4.95. The summed E-state index contributed by atoms with van der Waals surface area (Å²) in [4.78, 5) is 6.46. The molecule has 2 nitrogen and oxygen atoms in total. The molecular weight excluding hydrogens is 319 g/mol. The van der Waals surface area contributed by atoms with E-state index in [1.165, 1.54) is 41.9 Å². The van der Waals surface area contributed by atoms with Gasteiger partial charge < -0.3 is 0 Å². The SMILES string of the molecule is CC1c2cc(F)ccc2CCN1Cc1cc(CN2CCCC2)cs1. The molecule has 4 rings (SSSR count). The van der Waals surface area contributed by atoms with E-state index in [1.54, 1.807) is 12.1 Å². The molecule has 0 radical (unpaired) electrons. The molecule has 1 aromatic heterocycles. The van der Waals surface area contributed by atoms with E-state index in [1.807, 2.05) is 17.4 Å². The Balaban J connectivity index is 1.43. The van der Waals surface area contributed by atoms with Gasteiger partial charge in [0.2, 0.25) is 0 Å². The monoisotopic (exact) mass is 344 g/mol. The zero-order chi connectivity index (χ0) is 16.5. The molecule has 4 heteroatoms. The molecule has 3 heterocycles. The van der Waals surface area contributed by atoms with E-state index in [4.69, 9.17) is 0 Å². The summed E-state index contributed by atoms with van der Waals surface area (Å²) in [6, 6.07) is 7.92. The topological polar surface area (TPSA) is 6.48 Å². The minimum atomic E-state index is -0.119. The first-order valence-electron chi connectivity index (χ1n) is 9.00. The van der Waals surface area contributed by atoms with Crippen LogP contribution in [-0.2, 0) is 19.5 Å². The molecule has 0 saturated carbocycles. The smallest absolute Gasteiger partial charge is 0.123 e. The van der Waals surface area contributed by atoms with Gasteiger partial charge in [0.1, 0.15) is 5.82 Å². The third-order valence-electron chi connectivity index (χ3n) is 5.45. The summed E-state index contributed by atoms with van der Waals surface area (Å²) in [5.41, 5.74) is 3.92. The van der Waals surface area contributed by atoms with Crippen LogP contribution < -0.4 is 0 Å². The maximum atomic E-state index is 13.6. The van der Waals surface area contributed by atoms with E-state index in [-0.39, 0.29) is 11.9 Å². The number of nitrogens with zero attached hydrogens (tertiary/aromatic N) is 2. The molecule has 1 atom stereocenters. The minimum Gasteiger partial charge on any atom is -0.299 e. The first-order valence-corrected chi connectivity index (χ1v) is 9.88. The van der Waals surface area contributed by atoms with Crippen molar-refractivity contribution in [3.63, 3.8) is 0 Å². The normalized spacial score (nSPS) is 22.0. The largest absolute Gasteiger partial charge is 0.299 e. The van der Waals surface area contributed by atoms with Crippen molar-refractivity contribution in [3.05, 3.63) is 57.0 Å². The van der Waals surface area contributed by atoms with E-state index in [2.05, 4.69) is 28.2 Å². The summed E-state index contributed by atoms with van der Waals surface area (Å²) in [5, 5.41) is 2.32. The molecule has 2 aliphatic rings. The zero-order valence-corrected chi connectivity index (χ0v) is 15.1. The third kappa shape index (κ3) is 3.41. The highest BCUT2D eigenvalue weighted by Gasteiger charge is 2.24. The number of hydrogen-bond donors (Lipinski definition) is 0. The van der Waals surface area contributed by atoms with Crippen molar-refractivity contribution in [2.75, 3.05) is 19.6 Å². The number of hydrogen-bond acceptors (Lipinski definition) is 3. The molecule has 0 spiro atoms. The summed E-state index contributed by atoms with van der Waals surface area (Å²) in [6.45, 7) is 7.82. The van der Waals surface area contributed by atoms with Crippen molar-refractivity contribution in [2.24, 2.45) is 0 Å². The molecule has 1 fully saturated rings. The van der Waals surface area contributed by atoms with Gasteiger partial charge in [-0.05, 0) is 79.5 Å². The predicted molar refractivity (Wildman–Crippen MR) is 97.8 cm³/mol. The number of rotatable bonds is 4. The van der Waals surface area contributed by atoms with Gasteiger partial charge in [0.15, 0.2) is 0 Å². The lowest BCUT2D eigenvalue weighted by molar-refractivity contribution is 0.191. The fraction of sp³-hybridized carbons (Fsp3) is 0.500. The van der Waals surface area contributed by atoms with Crippen LogP contribution in [0.15, 0.2) is 29.6 Å². The van der Waals surface area contributed by atoms with Gasteiger partial charge in [-0.3, -0.25) is 9.80 Å². The summed E-state index contributed by atoms with van der Waals surface area (Å²) in [7, 11) is 0. The second-order valence-corrected chi connectivity index (χ2v) is 8.14. The Bertz CT molecular complexity index is 705. The van der Waals surface area contributed by atoms with Crippen LogP contribution in [0.1, 0.15) is 47.4 Å². The summed E-state index contributed by atoms with van der Waals surface area (Å²) in [5.74, 6) is -0.119. The fourth-order valence-electron chi connectivity index (χ4n) is 4.04. The first kappa shape index (κ1) is 16.2. The van der Waals surface area contributed by atoms with Crippen LogP contribution in [0.2, 0.25) is 0 Å². The van der Waals surface area contributed by atoms with Crippen molar-refractivity contribution in [2.45, 2.75) is 45.3 Å². The van der Waals surface area contributed by atoms with Crippen LogP contribution in [0.25, 0.3) is 0 Å². The van der Waals surface area contributed by atoms with Crippen molar-refractivity contribution in [1.82, 2.24) is 9.80 Å². The highest BCUT2D eigenvalue weighted by molar-refractivity contribution is 7.10. The lowest BCUT2D eigenvalue weighted by atomic mass is 9.93. The Morgan fingerprint density at radius 3 is 2.79 bits per heavy atom. The van der Waals surface area contributed by atoms with E-state index >= 15 is 0 Å². The molecular formula is C20H25FN2S. The van der Waals surface area contributed by atoms with Crippen molar-refractivity contribution in [3.8, 4) is 0 Å². The van der Waals surface area contributed by atoms with Crippen molar-refractivity contribution < 1.29 is 4.39 Å². The molecule has 128 valence electrons. The highest BCUT2D eigenvalue weighted by Crippen LogP contribution is 2.32. The van der Waals surface area contributed by atoms with E-state index in [9.17, 15) is 4.39 Å². The first-order chi connectivity index (χ1) is 11.7. The predicted octanol–water partition coefficient (Wildman–Crippen LogP) is 4.60. The molecule has 2 aromatic rings. The molecule has 2 aliphatic heterocycles. The van der Waals surface area contributed by atoms with Crippen LogP contribution in [0, 0.1) is 5.82 Å². The lowest BCUT2D eigenvalue weighted by Crippen LogP contribution is -2.33. The number of likely N-dealkylation sites (tertiary alicyclic amines) is 1. The maximum absolute atomic E-state index is 13.6. The molecule has 0 aliphatic carbocycles. The Labute approximate surface area is 147 Å². The molecule has 1 unspecified atom stereocenters.